The van der Waals surface area contributed by atoms with Crippen LogP contribution in [0.4, 0.5) is 4.39 Å². The van der Waals surface area contributed by atoms with Gasteiger partial charge < -0.3 is 19.9 Å². The van der Waals surface area contributed by atoms with Crippen LogP contribution in [0, 0.1) is 11.7 Å². The summed E-state index contributed by atoms with van der Waals surface area (Å²) in [5.41, 5.74) is 2.36. The van der Waals surface area contributed by atoms with Gasteiger partial charge in [-0.2, -0.15) is 5.10 Å². The molecule has 40 heavy (non-hydrogen) atoms. The number of halogens is 1. The Labute approximate surface area is 232 Å². The van der Waals surface area contributed by atoms with Crippen LogP contribution in [-0.2, 0) is 11.4 Å². The number of aliphatic carboxylic acids is 1. The van der Waals surface area contributed by atoms with Crippen LogP contribution < -0.4 is 14.8 Å². The normalized spacial score (nSPS) is 11.7. The lowest BCUT2D eigenvalue weighted by Gasteiger charge is -2.18. The first-order valence-electron chi connectivity index (χ1n) is 13.0. The third-order valence-electron chi connectivity index (χ3n) is 6.21. The molecule has 0 radical (unpaired) electrons. The number of nitrogens with zero attached hydrogens (tertiary/aromatic N) is 2. The van der Waals surface area contributed by atoms with E-state index in [-0.39, 0.29) is 24.6 Å². The molecule has 4 aromatic rings. The van der Waals surface area contributed by atoms with Crippen LogP contribution in [0.5, 0.6) is 11.5 Å². The molecule has 0 aliphatic heterocycles. The van der Waals surface area contributed by atoms with E-state index < -0.39 is 23.7 Å². The van der Waals surface area contributed by atoms with Gasteiger partial charge in [-0.3, -0.25) is 9.59 Å². The number of hydrogen-bond acceptors (Lipinski definition) is 5. The number of carboxylic acids is 1. The Kier molecular flexibility index (Phi) is 9.16. The molecule has 0 aliphatic rings. The first-order valence-corrected chi connectivity index (χ1v) is 13.0. The molecule has 0 spiro atoms. The van der Waals surface area contributed by atoms with E-state index in [4.69, 9.17) is 9.47 Å². The van der Waals surface area contributed by atoms with Crippen LogP contribution in [-0.4, -0.2) is 39.9 Å². The molecule has 1 amide bonds. The predicted octanol–water partition coefficient (Wildman–Crippen LogP) is 5.89. The highest BCUT2D eigenvalue weighted by atomic mass is 19.1. The maximum atomic E-state index is 14.3. The van der Waals surface area contributed by atoms with Crippen LogP contribution in [0.2, 0.25) is 0 Å². The zero-order valence-corrected chi connectivity index (χ0v) is 22.6. The van der Waals surface area contributed by atoms with Crippen molar-refractivity contribution >= 4 is 11.9 Å². The summed E-state index contributed by atoms with van der Waals surface area (Å²) in [5, 5.41) is 16.7. The fourth-order valence-electron chi connectivity index (χ4n) is 4.50. The van der Waals surface area contributed by atoms with Gasteiger partial charge >= 0.3 is 5.97 Å². The maximum absolute atomic E-state index is 14.3. The molecule has 0 aliphatic carbocycles. The van der Waals surface area contributed by atoms with E-state index in [2.05, 4.69) is 10.4 Å². The fourth-order valence-corrected chi connectivity index (χ4v) is 4.50. The van der Waals surface area contributed by atoms with Gasteiger partial charge in [-0.25, -0.2) is 9.07 Å². The standard InChI is InChI=1S/C31H32FN3O5/c1-20(2)15-23(17-29(36)37)33-31(38)25-18-26(35(34-25)24-12-7-11-22(32)16-24)30-27(39-3)13-8-14-28(30)40-19-21-9-5-4-6-10-21/h4-14,16,18,20,23H,15,17,19H2,1-3H3,(H,33,38)(H,36,37). The number of rotatable bonds is 12. The van der Waals surface area contributed by atoms with Gasteiger partial charge in [0, 0.05) is 6.04 Å². The molecule has 1 heterocycles. The largest absolute Gasteiger partial charge is 0.496 e. The van der Waals surface area contributed by atoms with E-state index in [0.29, 0.717) is 34.9 Å². The van der Waals surface area contributed by atoms with Gasteiger partial charge in [0.05, 0.1) is 30.5 Å². The lowest BCUT2D eigenvalue weighted by Crippen LogP contribution is -2.37. The molecule has 208 valence electrons. The summed E-state index contributed by atoms with van der Waals surface area (Å²) in [4.78, 5) is 24.8. The Bertz CT molecular complexity index is 1470. The summed E-state index contributed by atoms with van der Waals surface area (Å²) < 4.78 is 27.6. The van der Waals surface area contributed by atoms with Crippen molar-refractivity contribution in [3.05, 3.63) is 95.9 Å². The van der Waals surface area contributed by atoms with E-state index in [1.165, 1.54) is 23.9 Å². The number of methoxy groups -OCH3 is 1. The van der Waals surface area contributed by atoms with Gasteiger partial charge in [-0.15, -0.1) is 0 Å². The van der Waals surface area contributed by atoms with Crippen LogP contribution in [0.25, 0.3) is 16.9 Å². The van der Waals surface area contributed by atoms with Crippen molar-refractivity contribution < 1.29 is 28.6 Å². The monoisotopic (exact) mass is 545 g/mol. The summed E-state index contributed by atoms with van der Waals surface area (Å²) >= 11 is 0. The molecule has 1 atom stereocenters. The number of carbonyl (C=O) groups excluding carboxylic acids is 1. The maximum Gasteiger partial charge on any atom is 0.305 e. The Morgan fingerprint density at radius 3 is 2.40 bits per heavy atom. The predicted molar refractivity (Wildman–Crippen MR) is 149 cm³/mol. The van der Waals surface area contributed by atoms with Crippen molar-refractivity contribution in [2.75, 3.05) is 7.11 Å². The SMILES string of the molecule is COc1cccc(OCc2ccccc2)c1-c1cc(C(=O)NC(CC(=O)O)CC(C)C)nn1-c1cccc(F)c1. The quantitative estimate of drug-likeness (QED) is 0.230. The second kappa shape index (κ2) is 12.9. The zero-order valence-electron chi connectivity index (χ0n) is 22.6. The van der Waals surface area contributed by atoms with E-state index in [0.717, 1.165) is 5.56 Å². The van der Waals surface area contributed by atoms with Gasteiger partial charge in [0.1, 0.15) is 23.9 Å². The molecular formula is C31H32FN3O5. The van der Waals surface area contributed by atoms with E-state index in [1.54, 1.807) is 36.4 Å². The number of aromatic nitrogens is 2. The molecular weight excluding hydrogens is 513 g/mol. The summed E-state index contributed by atoms with van der Waals surface area (Å²) in [6.07, 6.45) is 0.269. The summed E-state index contributed by atoms with van der Waals surface area (Å²) in [7, 11) is 1.53. The van der Waals surface area contributed by atoms with E-state index in [1.807, 2.05) is 44.2 Å². The molecule has 0 saturated heterocycles. The Morgan fingerprint density at radius 2 is 1.73 bits per heavy atom. The zero-order chi connectivity index (χ0) is 28.6. The second-order valence-corrected chi connectivity index (χ2v) is 9.81. The topological polar surface area (TPSA) is 103 Å². The minimum atomic E-state index is -1.01. The first-order chi connectivity index (χ1) is 19.2. The van der Waals surface area contributed by atoms with Gasteiger partial charge in [0.15, 0.2) is 5.69 Å². The Morgan fingerprint density at radius 1 is 1.00 bits per heavy atom. The van der Waals surface area contributed by atoms with Crippen molar-refractivity contribution in [1.29, 1.82) is 0 Å². The second-order valence-electron chi connectivity index (χ2n) is 9.81. The number of hydrogen-bond donors (Lipinski definition) is 2. The average molecular weight is 546 g/mol. The van der Waals surface area contributed by atoms with Gasteiger partial charge in [0.2, 0.25) is 0 Å². The number of carbonyl (C=O) groups is 2. The molecule has 0 saturated carbocycles. The van der Waals surface area contributed by atoms with Crippen LogP contribution in [0.1, 0.15) is 42.7 Å². The summed E-state index contributed by atoms with van der Waals surface area (Å²) in [6.45, 7) is 4.20. The molecule has 8 nitrogen and oxygen atoms in total. The molecule has 9 heteroatoms. The van der Waals surface area contributed by atoms with Crippen LogP contribution >= 0.6 is 0 Å². The lowest BCUT2D eigenvalue weighted by molar-refractivity contribution is -0.137. The number of ether oxygens (including phenoxy) is 2. The lowest BCUT2D eigenvalue weighted by atomic mass is 10.0. The molecule has 1 aromatic heterocycles. The van der Waals surface area contributed by atoms with Crippen molar-refractivity contribution in [1.82, 2.24) is 15.1 Å². The Hall–Kier alpha value is -4.66. The summed E-state index contributed by atoms with van der Waals surface area (Å²) in [6, 6.07) is 21.9. The molecule has 3 aromatic carbocycles. The van der Waals surface area contributed by atoms with Crippen molar-refractivity contribution in [2.45, 2.75) is 39.3 Å². The highest BCUT2D eigenvalue weighted by Crippen LogP contribution is 2.40. The van der Waals surface area contributed by atoms with E-state index >= 15 is 0 Å². The molecule has 0 fully saturated rings. The van der Waals surface area contributed by atoms with Gasteiger partial charge in [0.25, 0.3) is 5.91 Å². The van der Waals surface area contributed by atoms with Crippen molar-refractivity contribution in [3.63, 3.8) is 0 Å². The number of nitrogens with one attached hydrogen (secondary N) is 1. The van der Waals surface area contributed by atoms with Crippen LogP contribution in [0.15, 0.2) is 78.9 Å². The highest BCUT2D eigenvalue weighted by molar-refractivity contribution is 5.94. The minimum absolute atomic E-state index is 0.0401. The number of carboxylic acid groups (broad SMARTS) is 1. The third kappa shape index (κ3) is 7.05. The minimum Gasteiger partial charge on any atom is -0.496 e. The Balaban J connectivity index is 1.79. The van der Waals surface area contributed by atoms with Crippen LogP contribution in [0.3, 0.4) is 0 Å². The molecule has 4 rings (SSSR count). The fraction of sp³-hybridized carbons (Fsp3) is 0.258. The molecule has 2 N–H and O–H groups in total. The third-order valence-corrected chi connectivity index (χ3v) is 6.21. The first kappa shape index (κ1) is 28.4. The van der Waals surface area contributed by atoms with Gasteiger partial charge in [-0.05, 0) is 54.3 Å². The van der Waals surface area contributed by atoms with Crippen molar-refractivity contribution in [2.24, 2.45) is 5.92 Å². The van der Waals surface area contributed by atoms with Gasteiger partial charge in [-0.1, -0.05) is 56.3 Å². The molecule has 1 unspecified atom stereocenters. The molecule has 0 bridgehead atoms. The number of benzene rings is 3. The smallest absolute Gasteiger partial charge is 0.305 e. The average Bonchev–Trinajstić information content (AvgIpc) is 3.37. The number of amides is 1. The van der Waals surface area contributed by atoms with E-state index in [9.17, 15) is 19.1 Å². The summed E-state index contributed by atoms with van der Waals surface area (Å²) in [5.74, 6) is -0.891. The highest BCUT2D eigenvalue weighted by Gasteiger charge is 2.25. The van der Waals surface area contributed by atoms with Crippen molar-refractivity contribution in [3.8, 4) is 28.4 Å².